The molecule has 1 aliphatic carbocycles. The molecule has 3 heterocycles. The number of pyridine rings is 2. The second kappa shape index (κ2) is 12.9. The quantitative estimate of drug-likeness (QED) is 0.133. The van der Waals surface area contributed by atoms with Gasteiger partial charge < -0.3 is 14.4 Å². The normalized spacial score (nSPS) is 13.5. The average Bonchev–Trinajstić information content (AvgIpc) is 3.66. The van der Waals surface area contributed by atoms with Crippen molar-refractivity contribution in [1.29, 1.82) is 0 Å². The van der Waals surface area contributed by atoms with Gasteiger partial charge in [0.15, 0.2) is 0 Å². The maximum absolute atomic E-state index is 6.39. The molecule has 3 aromatic heterocycles. The van der Waals surface area contributed by atoms with E-state index in [2.05, 4.69) is 84.2 Å². The van der Waals surface area contributed by atoms with Crippen LogP contribution >= 0.6 is 0 Å². The molecule has 3 aromatic carbocycles. The Morgan fingerprint density at radius 2 is 1.64 bits per heavy atom. The largest absolute Gasteiger partial charge is 0.501 e. The monoisotopic (exact) mass is 745 g/mol. The van der Waals surface area contributed by atoms with E-state index in [-0.39, 0.29) is 20.1 Å². The van der Waals surface area contributed by atoms with Gasteiger partial charge in [0, 0.05) is 37.9 Å². The van der Waals surface area contributed by atoms with Gasteiger partial charge in [-0.1, -0.05) is 84.5 Å². The van der Waals surface area contributed by atoms with Crippen molar-refractivity contribution in [3.8, 4) is 22.5 Å². The molecule has 5 heteroatoms. The summed E-state index contributed by atoms with van der Waals surface area (Å²) in [4.78, 5) is 8.99. The van der Waals surface area contributed by atoms with E-state index < -0.39 is 8.07 Å². The molecule has 0 saturated heterocycles. The number of hydrogen-bond donors (Lipinski definition) is 0. The van der Waals surface area contributed by atoms with Crippen molar-refractivity contribution >= 4 is 35.2 Å². The van der Waals surface area contributed by atoms with Crippen molar-refractivity contribution in [3.05, 3.63) is 115 Å². The minimum absolute atomic E-state index is 0. The first kappa shape index (κ1) is 30.1. The Hall–Kier alpha value is -3.37. The van der Waals surface area contributed by atoms with Crippen LogP contribution in [0, 0.1) is 19.1 Å². The van der Waals surface area contributed by atoms with Crippen LogP contribution in [0.2, 0.25) is 19.6 Å². The molecule has 0 atom stereocenters. The second-order valence-corrected chi connectivity index (χ2v) is 17.2. The molecule has 215 valence electrons. The van der Waals surface area contributed by atoms with Crippen molar-refractivity contribution < 1.29 is 24.5 Å². The van der Waals surface area contributed by atoms with Crippen molar-refractivity contribution in [2.24, 2.45) is 0 Å². The molecule has 1 radical (unpaired) electrons. The van der Waals surface area contributed by atoms with Gasteiger partial charge in [0.05, 0.1) is 13.7 Å². The van der Waals surface area contributed by atoms with Crippen LogP contribution in [0.15, 0.2) is 95.7 Å². The zero-order valence-corrected chi connectivity index (χ0v) is 28.1. The van der Waals surface area contributed by atoms with E-state index in [0.29, 0.717) is 5.92 Å². The maximum Gasteiger partial charge on any atom is 0.120 e. The van der Waals surface area contributed by atoms with E-state index in [0.717, 1.165) is 39.1 Å². The second-order valence-electron chi connectivity index (χ2n) is 12.1. The molecule has 0 bridgehead atoms. The summed E-state index contributed by atoms with van der Waals surface area (Å²) in [6.07, 6.45) is 9.08. The fourth-order valence-corrected chi connectivity index (χ4v) is 6.82. The van der Waals surface area contributed by atoms with E-state index in [1.165, 1.54) is 47.4 Å². The molecule has 1 saturated carbocycles. The predicted octanol–water partition coefficient (Wildman–Crippen LogP) is 9.51. The van der Waals surface area contributed by atoms with Crippen LogP contribution in [-0.4, -0.2) is 18.0 Å². The van der Waals surface area contributed by atoms with Gasteiger partial charge in [-0.05, 0) is 54.8 Å². The SMILES string of the molecule is C[Si](C)(C)c1ccc2c(c1)oc1c(-c3cc(C4CCCC4)ccn3)[c-]ccc12.Cc1ccc(-c2[c-]cccc2)nc1.[Ir]. The topological polar surface area (TPSA) is 38.9 Å². The molecule has 7 rings (SSSR count). The van der Waals surface area contributed by atoms with Crippen molar-refractivity contribution in [2.75, 3.05) is 0 Å². The smallest absolute Gasteiger partial charge is 0.120 e. The first-order chi connectivity index (χ1) is 19.9. The van der Waals surface area contributed by atoms with E-state index >= 15 is 0 Å². The third kappa shape index (κ3) is 6.49. The summed E-state index contributed by atoms with van der Waals surface area (Å²) >= 11 is 0. The zero-order chi connectivity index (χ0) is 28.4. The number of fused-ring (bicyclic) bond motifs is 3. The molecule has 0 unspecified atom stereocenters. The Morgan fingerprint density at radius 1 is 0.810 bits per heavy atom. The minimum Gasteiger partial charge on any atom is -0.501 e. The first-order valence-electron chi connectivity index (χ1n) is 14.6. The third-order valence-corrected chi connectivity index (χ3v) is 10.1. The molecule has 6 aromatic rings. The molecular formula is C37H36IrN2OSi-2. The summed E-state index contributed by atoms with van der Waals surface area (Å²) < 4.78 is 6.39. The van der Waals surface area contributed by atoms with Gasteiger partial charge in [-0.15, -0.1) is 54.1 Å². The number of aryl methyl sites for hydroxylation is 1. The summed E-state index contributed by atoms with van der Waals surface area (Å²) in [7, 11) is -1.38. The molecule has 3 nitrogen and oxygen atoms in total. The van der Waals surface area contributed by atoms with Crippen LogP contribution < -0.4 is 5.19 Å². The molecule has 0 aliphatic heterocycles. The van der Waals surface area contributed by atoms with E-state index in [4.69, 9.17) is 4.42 Å². The van der Waals surface area contributed by atoms with Gasteiger partial charge in [-0.2, -0.15) is 0 Å². The fraction of sp³-hybridized carbons (Fsp3) is 0.243. The predicted molar refractivity (Wildman–Crippen MR) is 173 cm³/mol. The molecule has 0 amide bonds. The van der Waals surface area contributed by atoms with Gasteiger partial charge in [-0.3, -0.25) is 0 Å². The van der Waals surface area contributed by atoms with Gasteiger partial charge >= 0.3 is 0 Å². The average molecular weight is 745 g/mol. The number of hydrogen-bond acceptors (Lipinski definition) is 3. The zero-order valence-electron chi connectivity index (χ0n) is 24.7. The van der Waals surface area contributed by atoms with Crippen molar-refractivity contribution in [3.63, 3.8) is 0 Å². The molecule has 0 N–H and O–H groups in total. The number of nitrogens with zero attached hydrogens (tertiary/aromatic N) is 2. The number of rotatable bonds is 4. The molecule has 1 fully saturated rings. The number of furan rings is 1. The molecular weight excluding hydrogens is 709 g/mol. The van der Waals surface area contributed by atoms with Crippen molar-refractivity contribution in [2.45, 2.75) is 58.2 Å². The summed E-state index contributed by atoms with van der Waals surface area (Å²) in [5, 5.41) is 3.75. The standard InChI is InChI=1S/C25H26NOSi.C12H10N.Ir/c1-28(2,3)19-11-12-20-21-9-6-10-22(25(21)27-24(20)16-19)23-15-18(13-14-26-23)17-7-4-5-8-17;1-10-7-8-12(13-9-10)11-5-3-2-4-6-11;/h6,9,11-17H,4-5,7-8H2,1-3H3;2-5,7-9H,1H3;/q2*-1;. The third-order valence-electron chi connectivity index (χ3n) is 8.06. The maximum atomic E-state index is 6.39. The van der Waals surface area contributed by atoms with Crippen LogP contribution in [0.4, 0.5) is 0 Å². The fourth-order valence-electron chi connectivity index (χ4n) is 5.67. The number of benzene rings is 3. The van der Waals surface area contributed by atoms with E-state index in [1.807, 2.05) is 55.7 Å². The Bertz CT molecular complexity index is 1780. The van der Waals surface area contributed by atoms with Crippen LogP contribution in [0.5, 0.6) is 0 Å². The van der Waals surface area contributed by atoms with Crippen LogP contribution in [0.1, 0.15) is 42.7 Å². The van der Waals surface area contributed by atoms with E-state index in [1.54, 1.807) is 0 Å². The summed E-state index contributed by atoms with van der Waals surface area (Å²) in [5.41, 5.74) is 8.44. The van der Waals surface area contributed by atoms with Crippen LogP contribution in [0.3, 0.4) is 0 Å². The Balaban J connectivity index is 0.000000212. The Morgan fingerprint density at radius 3 is 2.36 bits per heavy atom. The Labute approximate surface area is 263 Å². The minimum atomic E-state index is -1.38. The number of aromatic nitrogens is 2. The molecule has 1 aliphatic rings. The van der Waals surface area contributed by atoms with Gasteiger partial charge in [0.1, 0.15) is 5.58 Å². The summed E-state index contributed by atoms with van der Waals surface area (Å²) in [6.45, 7) is 9.14. The van der Waals surface area contributed by atoms with Crippen molar-refractivity contribution in [1.82, 2.24) is 9.97 Å². The molecule has 42 heavy (non-hydrogen) atoms. The van der Waals surface area contributed by atoms with E-state index in [9.17, 15) is 0 Å². The Kier molecular flexibility index (Phi) is 9.22. The summed E-state index contributed by atoms with van der Waals surface area (Å²) in [5.74, 6) is 0.677. The van der Waals surface area contributed by atoms with Gasteiger partial charge in [0.25, 0.3) is 0 Å². The molecule has 0 spiro atoms. The van der Waals surface area contributed by atoms with Gasteiger partial charge in [-0.25, -0.2) is 0 Å². The van der Waals surface area contributed by atoms with Crippen LogP contribution in [0.25, 0.3) is 44.5 Å². The summed E-state index contributed by atoms with van der Waals surface area (Å²) in [6, 6.07) is 33.8. The van der Waals surface area contributed by atoms with Gasteiger partial charge in [0.2, 0.25) is 0 Å². The van der Waals surface area contributed by atoms with Crippen LogP contribution in [-0.2, 0) is 20.1 Å². The first-order valence-corrected chi connectivity index (χ1v) is 18.1.